The summed E-state index contributed by atoms with van der Waals surface area (Å²) < 4.78 is 0. The van der Waals surface area contributed by atoms with Gasteiger partial charge in [0, 0.05) is 0 Å². The van der Waals surface area contributed by atoms with Gasteiger partial charge >= 0.3 is 5.97 Å². The van der Waals surface area contributed by atoms with Crippen LogP contribution in [-0.4, -0.2) is 19.1 Å². The quantitative estimate of drug-likeness (QED) is 0.664. The molecule has 2 nitrogen and oxygen atoms in total. The van der Waals surface area contributed by atoms with E-state index in [-0.39, 0.29) is 15.6 Å². The summed E-state index contributed by atoms with van der Waals surface area (Å²) in [6.07, 6.45) is 0. The molecule has 0 unspecified atom stereocenters. The van der Waals surface area contributed by atoms with E-state index in [1.165, 1.54) is 6.07 Å². The predicted octanol–water partition coefficient (Wildman–Crippen LogP) is 3.89. The van der Waals surface area contributed by atoms with Gasteiger partial charge < -0.3 is 5.11 Å². The molecule has 0 saturated carbocycles. The first-order chi connectivity index (χ1) is 7.16. The third kappa shape index (κ3) is 2.54. The fourth-order valence-electron chi connectivity index (χ4n) is 1.31. The topological polar surface area (TPSA) is 37.3 Å². The fourth-order valence-corrected chi connectivity index (χ4v) is 4.23. The van der Waals surface area contributed by atoms with Crippen LogP contribution in [0.5, 0.6) is 0 Å². The molecule has 0 radical (unpaired) electrons. The minimum Gasteiger partial charge on any atom is -0.478 e. The van der Waals surface area contributed by atoms with E-state index in [0.717, 1.165) is 5.19 Å². The van der Waals surface area contributed by atoms with Crippen LogP contribution >= 0.6 is 34.8 Å². The number of hydrogen-bond acceptors (Lipinski definition) is 1. The van der Waals surface area contributed by atoms with Crippen molar-refractivity contribution in [2.45, 2.75) is 19.6 Å². The first-order valence-electron chi connectivity index (χ1n) is 4.57. The average Bonchev–Trinajstić information content (AvgIpc) is 2.11. The predicted molar refractivity (Wildman–Crippen MR) is 71.4 cm³/mol. The van der Waals surface area contributed by atoms with E-state index in [0.29, 0.717) is 5.02 Å². The number of rotatable bonds is 2. The maximum atomic E-state index is 11.0. The van der Waals surface area contributed by atoms with Crippen LogP contribution in [-0.2, 0) is 0 Å². The molecule has 1 aromatic rings. The smallest absolute Gasteiger partial charge is 0.337 e. The summed E-state index contributed by atoms with van der Waals surface area (Å²) in [6, 6.07) is 1.53. The third-order valence-corrected chi connectivity index (χ3v) is 5.71. The van der Waals surface area contributed by atoms with Gasteiger partial charge in [-0.3, -0.25) is 0 Å². The minimum absolute atomic E-state index is 0.00108. The lowest BCUT2D eigenvalue weighted by Gasteiger charge is -2.20. The van der Waals surface area contributed by atoms with Gasteiger partial charge in [-0.2, -0.15) is 0 Å². The van der Waals surface area contributed by atoms with Crippen LogP contribution in [0.15, 0.2) is 6.07 Å². The number of carbonyl (C=O) groups is 1. The summed E-state index contributed by atoms with van der Waals surface area (Å²) in [5.41, 5.74) is 0.00786. The molecule has 0 saturated heterocycles. The van der Waals surface area contributed by atoms with Gasteiger partial charge in [-0.1, -0.05) is 54.4 Å². The van der Waals surface area contributed by atoms with Crippen LogP contribution in [0.4, 0.5) is 0 Å². The Hall–Kier alpha value is -0.223. The highest BCUT2D eigenvalue weighted by Crippen LogP contribution is 2.33. The van der Waals surface area contributed by atoms with E-state index in [4.69, 9.17) is 39.9 Å². The maximum Gasteiger partial charge on any atom is 0.337 e. The molecule has 0 amide bonds. The number of aromatic carboxylic acids is 1. The van der Waals surface area contributed by atoms with Crippen molar-refractivity contribution in [1.29, 1.82) is 0 Å². The van der Waals surface area contributed by atoms with Crippen LogP contribution in [0.3, 0.4) is 0 Å². The van der Waals surface area contributed by atoms with Gasteiger partial charge in [-0.15, -0.1) is 0 Å². The van der Waals surface area contributed by atoms with Crippen molar-refractivity contribution in [2.24, 2.45) is 0 Å². The van der Waals surface area contributed by atoms with Crippen molar-refractivity contribution in [3.8, 4) is 0 Å². The van der Waals surface area contributed by atoms with E-state index < -0.39 is 14.0 Å². The molecular weight excluding hydrogens is 287 g/mol. The molecule has 0 aliphatic heterocycles. The van der Waals surface area contributed by atoms with Crippen LogP contribution < -0.4 is 5.19 Å². The van der Waals surface area contributed by atoms with Crippen LogP contribution in [0.2, 0.25) is 34.7 Å². The summed E-state index contributed by atoms with van der Waals surface area (Å²) in [5, 5.41) is 10.3. The molecule has 0 spiro atoms. The van der Waals surface area contributed by atoms with E-state index in [9.17, 15) is 4.79 Å². The molecule has 1 N–H and O–H groups in total. The Kier molecular flexibility index (Phi) is 3.95. The van der Waals surface area contributed by atoms with Gasteiger partial charge in [-0.25, -0.2) is 4.79 Å². The van der Waals surface area contributed by atoms with E-state index in [1.807, 2.05) is 0 Å². The number of halogens is 3. The van der Waals surface area contributed by atoms with Crippen molar-refractivity contribution in [2.75, 3.05) is 0 Å². The monoisotopic (exact) mass is 296 g/mol. The molecule has 0 fully saturated rings. The highest BCUT2D eigenvalue weighted by atomic mass is 35.5. The summed E-state index contributed by atoms with van der Waals surface area (Å²) in [6.45, 7) is 6.18. The molecular formula is C10H11Cl3O2Si. The zero-order valence-electron chi connectivity index (χ0n) is 9.07. The Labute approximate surface area is 110 Å². The highest BCUT2D eigenvalue weighted by Gasteiger charge is 2.26. The first-order valence-corrected chi connectivity index (χ1v) is 9.21. The molecule has 16 heavy (non-hydrogen) atoms. The zero-order chi connectivity index (χ0) is 12.7. The SMILES string of the molecule is C[Si](C)(C)c1cc(C(=O)O)c(Cl)c(Cl)c1Cl. The molecule has 0 aliphatic carbocycles. The Morgan fingerprint density at radius 3 is 2.00 bits per heavy atom. The van der Waals surface area contributed by atoms with E-state index in [1.54, 1.807) is 0 Å². The first kappa shape index (κ1) is 13.8. The fraction of sp³-hybridized carbons (Fsp3) is 0.300. The number of carboxylic acids is 1. The zero-order valence-corrected chi connectivity index (χ0v) is 12.3. The third-order valence-electron chi connectivity index (χ3n) is 2.19. The molecule has 0 heterocycles. The Morgan fingerprint density at radius 1 is 1.12 bits per heavy atom. The second kappa shape index (κ2) is 4.57. The van der Waals surface area contributed by atoms with Gasteiger partial charge in [-0.05, 0) is 11.3 Å². The van der Waals surface area contributed by atoms with Crippen LogP contribution in [0.25, 0.3) is 0 Å². The molecule has 1 rings (SSSR count). The Balaban J connectivity index is 3.61. The lowest BCUT2D eigenvalue weighted by atomic mass is 10.2. The van der Waals surface area contributed by atoms with Gasteiger partial charge in [0.25, 0.3) is 0 Å². The van der Waals surface area contributed by atoms with Gasteiger partial charge in [0.1, 0.15) is 0 Å². The molecule has 0 bridgehead atoms. The van der Waals surface area contributed by atoms with Gasteiger partial charge in [0.2, 0.25) is 0 Å². The number of benzene rings is 1. The summed E-state index contributed by atoms with van der Waals surface area (Å²) in [4.78, 5) is 11.0. The van der Waals surface area contributed by atoms with Gasteiger partial charge in [0.15, 0.2) is 0 Å². The molecule has 0 aliphatic rings. The maximum absolute atomic E-state index is 11.0. The van der Waals surface area contributed by atoms with Crippen LogP contribution in [0, 0.1) is 0 Å². The van der Waals surface area contributed by atoms with Gasteiger partial charge in [0.05, 0.1) is 28.7 Å². The average molecular weight is 298 g/mol. The molecule has 6 heteroatoms. The summed E-state index contributed by atoms with van der Waals surface area (Å²) in [7, 11) is -1.75. The number of hydrogen-bond donors (Lipinski definition) is 1. The van der Waals surface area contributed by atoms with E-state index in [2.05, 4.69) is 19.6 Å². The van der Waals surface area contributed by atoms with Crippen LogP contribution in [0.1, 0.15) is 10.4 Å². The molecule has 0 aromatic heterocycles. The highest BCUT2D eigenvalue weighted by molar-refractivity contribution is 6.90. The second-order valence-electron chi connectivity index (χ2n) is 4.47. The number of carboxylic acid groups (broad SMARTS) is 1. The summed E-state index contributed by atoms with van der Waals surface area (Å²) in [5.74, 6) is -1.09. The lowest BCUT2D eigenvalue weighted by Crippen LogP contribution is -2.39. The largest absolute Gasteiger partial charge is 0.478 e. The van der Waals surface area contributed by atoms with Crippen molar-refractivity contribution < 1.29 is 9.90 Å². The van der Waals surface area contributed by atoms with Crippen molar-refractivity contribution in [1.82, 2.24) is 0 Å². The Morgan fingerprint density at radius 2 is 1.62 bits per heavy atom. The molecule has 1 aromatic carbocycles. The second-order valence-corrected chi connectivity index (χ2v) is 10.6. The minimum atomic E-state index is -1.75. The molecule has 0 atom stereocenters. The Bertz CT molecular complexity index is 452. The molecule has 88 valence electrons. The summed E-state index contributed by atoms with van der Waals surface area (Å²) >= 11 is 17.9. The van der Waals surface area contributed by atoms with E-state index >= 15 is 0 Å². The standard InChI is InChI=1S/C10H11Cl3O2Si/c1-16(2,3)6-4-5(10(14)15)7(11)9(13)8(6)12/h4H,1-3H3,(H,14,15). The van der Waals surface area contributed by atoms with Crippen molar-refractivity contribution in [3.05, 3.63) is 26.7 Å². The normalized spacial score (nSPS) is 11.6. The van der Waals surface area contributed by atoms with Crippen molar-refractivity contribution >= 4 is 54.0 Å². The van der Waals surface area contributed by atoms with Crippen molar-refractivity contribution in [3.63, 3.8) is 0 Å². The lowest BCUT2D eigenvalue weighted by molar-refractivity contribution is 0.0697.